The Morgan fingerprint density at radius 2 is 2.17 bits per heavy atom. The summed E-state index contributed by atoms with van der Waals surface area (Å²) in [7, 11) is -1.60. The summed E-state index contributed by atoms with van der Waals surface area (Å²) in [5.74, 6) is 0.462. The number of para-hydroxylation sites is 1. The number of sulfone groups is 1. The number of fused-ring (bicyclic) bond motifs is 1. The van der Waals surface area contributed by atoms with Gasteiger partial charge >= 0.3 is 0 Å². The molecule has 0 fully saturated rings. The van der Waals surface area contributed by atoms with E-state index in [4.69, 9.17) is 10.8 Å². The Labute approximate surface area is 105 Å². The fourth-order valence-corrected chi connectivity index (χ4v) is 2.75. The zero-order valence-corrected chi connectivity index (χ0v) is 11.0. The van der Waals surface area contributed by atoms with Crippen molar-refractivity contribution in [1.82, 2.24) is 9.55 Å². The van der Waals surface area contributed by atoms with Gasteiger partial charge in [-0.2, -0.15) is 0 Å². The predicted octanol–water partition coefficient (Wildman–Crippen LogP) is -0.0311. The Morgan fingerprint density at radius 1 is 1.50 bits per heavy atom. The van der Waals surface area contributed by atoms with Crippen LogP contribution in [0.15, 0.2) is 23.1 Å². The van der Waals surface area contributed by atoms with Crippen LogP contribution in [0.2, 0.25) is 0 Å². The van der Waals surface area contributed by atoms with Crippen LogP contribution in [0.4, 0.5) is 0 Å². The van der Waals surface area contributed by atoms with Crippen molar-refractivity contribution >= 4 is 20.9 Å². The first-order chi connectivity index (χ1) is 8.36. The number of imidazole rings is 1. The van der Waals surface area contributed by atoms with Gasteiger partial charge in [-0.15, -0.1) is 0 Å². The second-order valence-corrected chi connectivity index (χ2v) is 6.20. The normalized spacial score (nSPS) is 14.0. The Hall–Kier alpha value is -1.44. The molecule has 1 aromatic carbocycles. The second-order valence-electron chi connectivity index (χ2n) is 4.21. The van der Waals surface area contributed by atoms with Crippen LogP contribution in [0.5, 0.6) is 0 Å². The lowest BCUT2D eigenvalue weighted by Gasteiger charge is -2.07. The number of rotatable bonds is 3. The lowest BCUT2D eigenvalue weighted by molar-refractivity contribution is 0.262. The molecule has 0 aliphatic carbocycles. The maximum absolute atomic E-state index is 11.7. The third kappa shape index (κ3) is 2.00. The summed E-state index contributed by atoms with van der Waals surface area (Å²) < 4.78 is 25.1. The van der Waals surface area contributed by atoms with E-state index in [2.05, 4.69) is 4.98 Å². The molecule has 1 aromatic heterocycles. The van der Waals surface area contributed by atoms with E-state index in [0.717, 1.165) is 6.26 Å². The van der Waals surface area contributed by atoms with Crippen LogP contribution in [0.25, 0.3) is 11.0 Å². The monoisotopic (exact) mass is 269 g/mol. The largest absolute Gasteiger partial charge is 0.394 e. The fraction of sp³-hybridized carbons (Fsp3) is 0.364. The van der Waals surface area contributed by atoms with Gasteiger partial charge in [0.05, 0.1) is 23.1 Å². The average Bonchev–Trinajstić information content (AvgIpc) is 2.65. The van der Waals surface area contributed by atoms with Crippen molar-refractivity contribution in [2.45, 2.75) is 10.9 Å². The minimum atomic E-state index is -3.34. The summed E-state index contributed by atoms with van der Waals surface area (Å²) in [6.45, 7) is -0.245. The maximum atomic E-state index is 11.7. The highest BCUT2D eigenvalue weighted by Gasteiger charge is 2.19. The number of benzene rings is 1. The molecule has 0 saturated heterocycles. The molecule has 18 heavy (non-hydrogen) atoms. The predicted molar refractivity (Wildman–Crippen MR) is 67.8 cm³/mol. The minimum absolute atomic E-state index is 0.173. The second kappa shape index (κ2) is 4.34. The summed E-state index contributed by atoms with van der Waals surface area (Å²) in [5, 5.41) is 9.07. The van der Waals surface area contributed by atoms with Crippen LogP contribution in [0.3, 0.4) is 0 Å². The average molecular weight is 269 g/mol. The summed E-state index contributed by atoms with van der Waals surface area (Å²) in [4.78, 5) is 4.42. The molecule has 2 aromatic rings. The molecule has 3 N–H and O–H groups in total. The molecule has 0 radical (unpaired) electrons. The molecule has 0 spiro atoms. The lowest BCUT2D eigenvalue weighted by atomic mass is 10.3. The van der Waals surface area contributed by atoms with Gasteiger partial charge in [0, 0.05) is 13.3 Å². The van der Waals surface area contributed by atoms with Crippen molar-refractivity contribution < 1.29 is 13.5 Å². The molecule has 0 bridgehead atoms. The van der Waals surface area contributed by atoms with Crippen LogP contribution in [0.1, 0.15) is 11.9 Å². The Bertz CT molecular complexity index is 691. The zero-order chi connectivity index (χ0) is 13.5. The number of aliphatic hydroxyl groups is 1. The minimum Gasteiger partial charge on any atom is -0.394 e. The van der Waals surface area contributed by atoms with Crippen molar-refractivity contribution in [3.63, 3.8) is 0 Å². The van der Waals surface area contributed by atoms with Crippen molar-refractivity contribution in [1.29, 1.82) is 0 Å². The third-order valence-electron chi connectivity index (χ3n) is 2.84. The SMILES string of the molecule is Cn1c(C(N)CO)nc2c(S(C)(=O)=O)cccc21. The molecule has 98 valence electrons. The molecule has 0 saturated carbocycles. The number of aliphatic hydroxyl groups excluding tert-OH is 1. The van der Waals surface area contributed by atoms with E-state index < -0.39 is 15.9 Å². The molecular formula is C11H15N3O3S. The van der Waals surface area contributed by atoms with Gasteiger partial charge < -0.3 is 15.4 Å². The molecular weight excluding hydrogens is 254 g/mol. The topological polar surface area (TPSA) is 98.2 Å². The van der Waals surface area contributed by atoms with Gasteiger partial charge in [-0.1, -0.05) is 6.07 Å². The maximum Gasteiger partial charge on any atom is 0.177 e. The van der Waals surface area contributed by atoms with E-state index in [9.17, 15) is 8.42 Å². The van der Waals surface area contributed by atoms with E-state index in [1.807, 2.05) is 0 Å². The van der Waals surface area contributed by atoms with Crippen LogP contribution in [-0.4, -0.2) is 35.9 Å². The molecule has 0 amide bonds. The van der Waals surface area contributed by atoms with Gasteiger partial charge in [0.15, 0.2) is 9.84 Å². The number of aromatic nitrogens is 2. The van der Waals surface area contributed by atoms with Gasteiger partial charge in [-0.05, 0) is 12.1 Å². The first kappa shape index (κ1) is 13.0. The first-order valence-corrected chi connectivity index (χ1v) is 7.27. The van der Waals surface area contributed by atoms with Crippen molar-refractivity contribution in [2.75, 3.05) is 12.9 Å². The smallest absolute Gasteiger partial charge is 0.177 e. The lowest BCUT2D eigenvalue weighted by Crippen LogP contribution is -2.18. The number of nitrogens with zero attached hydrogens (tertiary/aromatic N) is 2. The zero-order valence-electron chi connectivity index (χ0n) is 10.2. The van der Waals surface area contributed by atoms with Crippen LogP contribution >= 0.6 is 0 Å². The molecule has 7 heteroatoms. The first-order valence-electron chi connectivity index (χ1n) is 5.38. The van der Waals surface area contributed by atoms with Gasteiger partial charge in [0.25, 0.3) is 0 Å². The Kier molecular flexibility index (Phi) is 3.14. The van der Waals surface area contributed by atoms with Crippen LogP contribution < -0.4 is 5.73 Å². The van der Waals surface area contributed by atoms with Gasteiger partial charge in [-0.25, -0.2) is 13.4 Å². The number of hydrogen-bond acceptors (Lipinski definition) is 5. The highest BCUT2D eigenvalue weighted by Crippen LogP contribution is 2.24. The molecule has 1 unspecified atom stereocenters. The van der Waals surface area contributed by atoms with Gasteiger partial charge in [-0.3, -0.25) is 0 Å². The van der Waals surface area contributed by atoms with E-state index in [1.165, 1.54) is 6.07 Å². The summed E-state index contributed by atoms with van der Waals surface area (Å²) >= 11 is 0. The fourth-order valence-electron chi connectivity index (χ4n) is 1.92. The van der Waals surface area contributed by atoms with E-state index in [-0.39, 0.29) is 11.5 Å². The Balaban J connectivity index is 2.80. The summed E-state index contributed by atoms with van der Waals surface area (Å²) in [5.41, 5.74) is 6.80. The molecule has 0 aliphatic rings. The van der Waals surface area contributed by atoms with Crippen LogP contribution in [-0.2, 0) is 16.9 Å². The Morgan fingerprint density at radius 3 is 2.72 bits per heavy atom. The molecule has 1 atom stereocenters. The van der Waals surface area contributed by atoms with Crippen molar-refractivity contribution in [3.05, 3.63) is 24.0 Å². The van der Waals surface area contributed by atoms with E-state index in [0.29, 0.717) is 16.9 Å². The number of aryl methyl sites for hydroxylation is 1. The molecule has 2 rings (SSSR count). The van der Waals surface area contributed by atoms with Crippen molar-refractivity contribution in [2.24, 2.45) is 12.8 Å². The van der Waals surface area contributed by atoms with Crippen molar-refractivity contribution in [3.8, 4) is 0 Å². The highest BCUT2D eigenvalue weighted by molar-refractivity contribution is 7.91. The quantitative estimate of drug-likeness (QED) is 0.815. The number of nitrogens with two attached hydrogens (primary N) is 1. The number of hydrogen-bond donors (Lipinski definition) is 2. The van der Waals surface area contributed by atoms with Gasteiger partial charge in [0.1, 0.15) is 11.3 Å². The summed E-state index contributed by atoms with van der Waals surface area (Å²) in [6.07, 6.45) is 1.14. The van der Waals surface area contributed by atoms with E-state index in [1.54, 1.807) is 23.7 Å². The van der Waals surface area contributed by atoms with Crippen LogP contribution in [0, 0.1) is 0 Å². The third-order valence-corrected chi connectivity index (χ3v) is 3.97. The molecule has 1 heterocycles. The standard InChI is InChI=1S/C11H15N3O3S/c1-14-8-4-3-5-9(18(2,16)17)10(8)13-11(14)7(12)6-15/h3-5,7,15H,6,12H2,1-2H3. The molecule has 0 aliphatic heterocycles. The van der Waals surface area contributed by atoms with E-state index >= 15 is 0 Å². The molecule has 6 nitrogen and oxygen atoms in total. The van der Waals surface area contributed by atoms with Gasteiger partial charge in [0.2, 0.25) is 0 Å². The summed E-state index contributed by atoms with van der Waals surface area (Å²) in [6, 6.07) is 4.31. The highest BCUT2D eigenvalue weighted by atomic mass is 32.2.